The molecule has 0 spiro atoms. The Bertz CT molecular complexity index is 244. The second-order valence-corrected chi connectivity index (χ2v) is 5.11. The monoisotopic (exact) mass is 242 g/mol. The van der Waals surface area contributed by atoms with Crippen LogP contribution in [0.5, 0.6) is 0 Å². The third kappa shape index (κ3) is 4.28. The molecule has 100 valence electrons. The van der Waals surface area contributed by atoms with Crippen molar-refractivity contribution in [3.8, 4) is 0 Å². The van der Waals surface area contributed by atoms with Crippen molar-refractivity contribution in [2.75, 3.05) is 19.8 Å². The highest BCUT2D eigenvalue weighted by Gasteiger charge is 2.35. The van der Waals surface area contributed by atoms with Gasteiger partial charge in [0.2, 0.25) is 5.91 Å². The Hall–Kier alpha value is -0.610. The van der Waals surface area contributed by atoms with Crippen LogP contribution >= 0.6 is 0 Å². The molecule has 0 radical (unpaired) electrons. The minimum absolute atomic E-state index is 0.0112. The van der Waals surface area contributed by atoms with Crippen LogP contribution in [-0.4, -0.2) is 42.8 Å². The van der Waals surface area contributed by atoms with E-state index in [1.54, 1.807) is 0 Å². The summed E-state index contributed by atoms with van der Waals surface area (Å²) in [5.74, 6) is 0.801. The summed E-state index contributed by atoms with van der Waals surface area (Å²) in [7, 11) is 0. The van der Waals surface area contributed by atoms with Gasteiger partial charge in [-0.2, -0.15) is 0 Å². The fourth-order valence-electron chi connectivity index (χ4n) is 2.27. The largest absolute Gasteiger partial charge is 0.382 e. The average molecular weight is 242 g/mol. The number of amides is 1. The van der Waals surface area contributed by atoms with Crippen LogP contribution in [0.1, 0.15) is 40.5 Å². The first-order valence-corrected chi connectivity index (χ1v) is 6.70. The minimum atomic E-state index is 0.0112. The fourth-order valence-corrected chi connectivity index (χ4v) is 2.27. The van der Waals surface area contributed by atoms with E-state index in [1.165, 1.54) is 0 Å². The van der Waals surface area contributed by atoms with Crippen molar-refractivity contribution in [3.05, 3.63) is 0 Å². The highest BCUT2D eigenvalue weighted by molar-refractivity contribution is 5.84. The highest BCUT2D eigenvalue weighted by atomic mass is 16.5. The number of rotatable bonds is 7. The number of ether oxygens (including phenoxy) is 1. The Morgan fingerprint density at radius 1 is 1.47 bits per heavy atom. The molecule has 0 bridgehead atoms. The van der Waals surface area contributed by atoms with Crippen LogP contribution in [0, 0.1) is 5.92 Å². The predicted molar refractivity (Wildman–Crippen MR) is 68.7 cm³/mol. The quantitative estimate of drug-likeness (QED) is 0.690. The van der Waals surface area contributed by atoms with E-state index in [1.807, 2.05) is 11.8 Å². The maximum absolute atomic E-state index is 12.1. The lowest BCUT2D eigenvalue weighted by molar-refractivity contribution is -0.130. The maximum atomic E-state index is 12.1. The Kier molecular flexibility index (Phi) is 5.92. The predicted octanol–water partition coefficient (Wildman–Crippen LogP) is 1.61. The van der Waals surface area contributed by atoms with Gasteiger partial charge in [-0.3, -0.25) is 10.1 Å². The van der Waals surface area contributed by atoms with Gasteiger partial charge in [0, 0.05) is 19.8 Å². The molecule has 2 atom stereocenters. The van der Waals surface area contributed by atoms with Crippen LogP contribution in [0.15, 0.2) is 0 Å². The summed E-state index contributed by atoms with van der Waals surface area (Å²) in [5, 5.41) is 3.36. The molecule has 0 aliphatic carbocycles. The molecule has 1 aliphatic heterocycles. The summed E-state index contributed by atoms with van der Waals surface area (Å²) in [5.41, 5.74) is 0. The third-order valence-electron chi connectivity index (χ3n) is 3.09. The van der Waals surface area contributed by atoms with Crippen LogP contribution in [0.25, 0.3) is 0 Å². The molecule has 2 unspecified atom stereocenters. The lowest BCUT2D eigenvalue weighted by Crippen LogP contribution is -2.35. The normalized spacial score (nSPS) is 25.0. The standard InChI is InChI=1S/C13H26N2O2/c1-5-17-8-6-7-15-11(4)14-12(13(15)16)9-10(2)3/h10-12,14H,5-9H2,1-4H3. The molecule has 0 aromatic carbocycles. The summed E-state index contributed by atoms with van der Waals surface area (Å²) in [4.78, 5) is 14.1. The van der Waals surface area contributed by atoms with E-state index in [4.69, 9.17) is 4.74 Å². The Morgan fingerprint density at radius 3 is 2.76 bits per heavy atom. The number of carbonyl (C=O) groups excluding carboxylic acids is 1. The zero-order chi connectivity index (χ0) is 12.8. The molecule has 0 saturated carbocycles. The van der Waals surface area contributed by atoms with E-state index < -0.39 is 0 Å². The number of nitrogens with one attached hydrogen (secondary N) is 1. The van der Waals surface area contributed by atoms with Gasteiger partial charge in [-0.15, -0.1) is 0 Å². The SMILES string of the molecule is CCOCCCN1C(=O)C(CC(C)C)NC1C. The first-order chi connectivity index (χ1) is 8.06. The number of hydrogen-bond donors (Lipinski definition) is 1. The lowest BCUT2D eigenvalue weighted by Gasteiger charge is -2.20. The van der Waals surface area contributed by atoms with E-state index >= 15 is 0 Å². The Balaban J connectivity index is 2.37. The Labute approximate surface area is 105 Å². The molecule has 1 heterocycles. The summed E-state index contributed by atoms with van der Waals surface area (Å²) in [6.45, 7) is 10.6. The molecule has 4 heteroatoms. The van der Waals surface area contributed by atoms with Crippen molar-refractivity contribution in [1.29, 1.82) is 0 Å². The summed E-state index contributed by atoms with van der Waals surface area (Å²) < 4.78 is 5.30. The van der Waals surface area contributed by atoms with Gasteiger partial charge in [0.25, 0.3) is 0 Å². The summed E-state index contributed by atoms with van der Waals surface area (Å²) in [6.07, 6.45) is 2.00. The van der Waals surface area contributed by atoms with Gasteiger partial charge in [0.1, 0.15) is 0 Å². The van der Waals surface area contributed by atoms with Gasteiger partial charge < -0.3 is 9.64 Å². The molecule has 1 amide bonds. The second-order valence-electron chi connectivity index (χ2n) is 5.11. The van der Waals surface area contributed by atoms with Crippen molar-refractivity contribution in [2.45, 2.75) is 52.7 Å². The van der Waals surface area contributed by atoms with Crippen molar-refractivity contribution >= 4 is 5.91 Å². The molecule has 4 nitrogen and oxygen atoms in total. The van der Waals surface area contributed by atoms with E-state index in [0.29, 0.717) is 5.92 Å². The van der Waals surface area contributed by atoms with Crippen molar-refractivity contribution in [2.24, 2.45) is 5.92 Å². The van der Waals surface area contributed by atoms with E-state index in [-0.39, 0.29) is 18.1 Å². The molecule has 1 fully saturated rings. The minimum Gasteiger partial charge on any atom is -0.382 e. The molecular formula is C13H26N2O2. The zero-order valence-corrected chi connectivity index (χ0v) is 11.5. The van der Waals surface area contributed by atoms with E-state index in [2.05, 4.69) is 26.1 Å². The molecule has 17 heavy (non-hydrogen) atoms. The molecule has 1 saturated heterocycles. The van der Waals surface area contributed by atoms with Gasteiger partial charge in [-0.05, 0) is 32.6 Å². The van der Waals surface area contributed by atoms with Gasteiger partial charge >= 0.3 is 0 Å². The molecule has 1 N–H and O–H groups in total. The maximum Gasteiger partial charge on any atom is 0.241 e. The number of nitrogens with zero attached hydrogens (tertiary/aromatic N) is 1. The molecular weight excluding hydrogens is 216 g/mol. The van der Waals surface area contributed by atoms with E-state index in [9.17, 15) is 4.79 Å². The van der Waals surface area contributed by atoms with E-state index in [0.717, 1.165) is 32.6 Å². The average Bonchev–Trinajstić information content (AvgIpc) is 2.50. The molecule has 0 aromatic rings. The second kappa shape index (κ2) is 6.97. The van der Waals surface area contributed by atoms with Crippen LogP contribution in [0.2, 0.25) is 0 Å². The van der Waals surface area contributed by atoms with Gasteiger partial charge in [0.05, 0.1) is 12.2 Å². The van der Waals surface area contributed by atoms with Crippen LogP contribution in [0.3, 0.4) is 0 Å². The molecule has 0 aromatic heterocycles. The number of carbonyl (C=O) groups is 1. The van der Waals surface area contributed by atoms with Crippen molar-refractivity contribution in [3.63, 3.8) is 0 Å². The highest BCUT2D eigenvalue weighted by Crippen LogP contribution is 2.16. The summed E-state index contributed by atoms with van der Waals surface area (Å²) in [6, 6.07) is 0.0112. The lowest BCUT2D eigenvalue weighted by atomic mass is 10.0. The zero-order valence-electron chi connectivity index (χ0n) is 11.5. The fraction of sp³-hybridized carbons (Fsp3) is 0.923. The Morgan fingerprint density at radius 2 is 2.18 bits per heavy atom. The number of hydrogen-bond acceptors (Lipinski definition) is 3. The first kappa shape index (κ1) is 14.5. The third-order valence-corrected chi connectivity index (χ3v) is 3.09. The first-order valence-electron chi connectivity index (χ1n) is 6.70. The van der Waals surface area contributed by atoms with Crippen LogP contribution in [0.4, 0.5) is 0 Å². The topological polar surface area (TPSA) is 41.6 Å². The van der Waals surface area contributed by atoms with Crippen LogP contribution in [-0.2, 0) is 9.53 Å². The smallest absolute Gasteiger partial charge is 0.241 e. The van der Waals surface area contributed by atoms with Crippen molar-refractivity contribution < 1.29 is 9.53 Å². The van der Waals surface area contributed by atoms with Gasteiger partial charge in [-0.1, -0.05) is 13.8 Å². The molecule has 1 aliphatic rings. The van der Waals surface area contributed by atoms with Gasteiger partial charge in [-0.25, -0.2) is 0 Å². The summed E-state index contributed by atoms with van der Waals surface area (Å²) >= 11 is 0. The molecule has 1 rings (SSSR count). The van der Waals surface area contributed by atoms with Crippen LogP contribution < -0.4 is 5.32 Å². The van der Waals surface area contributed by atoms with Crippen molar-refractivity contribution in [1.82, 2.24) is 10.2 Å². The van der Waals surface area contributed by atoms with Gasteiger partial charge in [0.15, 0.2) is 0 Å².